The molecule has 2 amide bonds. The van der Waals surface area contributed by atoms with Crippen LogP contribution in [0.2, 0.25) is 0 Å². The number of hydrogen-bond donors (Lipinski definition) is 2. The van der Waals surface area contributed by atoms with E-state index in [-0.39, 0.29) is 23.9 Å². The SMILES string of the molecule is CCC(NC(=O)NC1CCCOc2ccc(F)cc21)c1cccs1. The molecule has 1 aliphatic heterocycles. The minimum absolute atomic E-state index is 0.0148. The van der Waals surface area contributed by atoms with Crippen LogP contribution in [0.3, 0.4) is 0 Å². The van der Waals surface area contributed by atoms with Gasteiger partial charge >= 0.3 is 6.03 Å². The monoisotopic (exact) mass is 348 g/mol. The van der Waals surface area contributed by atoms with E-state index in [9.17, 15) is 9.18 Å². The summed E-state index contributed by atoms with van der Waals surface area (Å²) in [6, 6.07) is 7.94. The molecule has 1 aromatic heterocycles. The standard InChI is InChI=1S/C18H21FN2O2S/c1-2-14(17-6-4-10-24-17)20-18(22)21-15-5-3-9-23-16-8-7-12(19)11-13(15)16/h4,6-8,10-11,14-15H,2-3,5,9H2,1H3,(H2,20,21,22). The van der Waals surface area contributed by atoms with Gasteiger partial charge in [0, 0.05) is 10.4 Å². The molecular weight excluding hydrogens is 327 g/mol. The number of nitrogens with one attached hydrogen (secondary N) is 2. The molecule has 2 atom stereocenters. The van der Waals surface area contributed by atoms with Gasteiger partial charge in [0.05, 0.1) is 18.7 Å². The zero-order chi connectivity index (χ0) is 16.9. The summed E-state index contributed by atoms with van der Waals surface area (Å²) >= 11 is 1.63. The van der Waals surface area contributed by atoms with Crippen LogP contribution in [0.5, 0.6) is 5.75 Å². The fourth-order valence-corrected chi connectivity index (χ4v) is 3.78. The molecule has 0 radical (unpaired) electrons. The van der Waals surface area contributed by atoms with Crippen molar-refractivity contribution < 1.29 is 13.9 Å². The van der Waals surface area contributed by atoms with Crippen LogP contribution in [0.25, 0.3) is 0 Å². The molecule has 0 spiro atoms. The molecule has 0 saturated heterocycles. The van der Waals surface area contributed by atoms with Crippen molar-refractivity contribution in [1.82, 2.24) is 10.6 Å². The van der Waals surface area contributed by atoms with Gasteiger partial charge in [-0.25, -0.2) is 9.18 Å². The fourth-order valence-electron chi connectivity index (χ4n) is 2.92. The van der Waals surface area contributed by atoms with Crippen LogP contribution in [0, 0.1) is 5.82 Å². The fraction of sp³-hybridized carbons (Fsp3) is 0.389. The highest BCUT2D eigenvalue weighted by atomic mass is 32.1. The van der Waals surface area contributed by atoms with Crippen molar-refractivity contribution in [2.45, 2.75) is 38.3 Å². The van der Waals surface area contributed by atoms with Gasteiger partial charge in [-0.1, -0.05) is 13.0 Å². The van der Waals surface area contributed by atoms with Gasteiger partial charge < -0.3 is 15.4 Å². The molecule has 4 nitrogen and oxygen atoms in total. The van der Waals surface area contributed by atoms with Crippen LogP contribution in [0.4, 0.5) is 9.18 Å². The topological polar surface area (TPSA) is 50.4 Å². The van der Waals surface area contributed by atoms with Gasteiger partial charge in [-0.15, -0.1) is 11.3 Å². The predicted octanol–water partition coefficient (Wildman–Crippen LogP) is 4.55. The number of hydrogen-bond acceptors (Lipinski definition) is 3. The smallest absolute Gasteiger partial charge is 0.315 e. The third-order valence-electron chi connectivity index (χ3n) is 4.15. The zero-order valence-electron chi connectivity index (χ0n) is 13.5. The predicted molar refractivity (Wildman–Crippen MR) is 92.9 cm³/mol. The molecule has 3 rings (SSSR count). The number of carbonyl (C=O) groups excluding carboxylic acids is 1. The van der Waals surface area contributed by atoms with E-state index in [1.165, 1.54) is 12.1 Å². The van der Waals surface area contributed by atoms with E-state index in [0.29, 0.717) is 17.9 Å². The molecular formula is C18H21FN2O2S. The van der Waals surface area contributed by atoms with Crippen molar-refractivity contribution in [2.24, 2.45) is 0 Å². The zero-order valence-corrected chi connectivity index (χ0v) is 14.4. The Labute approximate surface area is 145 Å². The Bertz CT molecular complexity index is 690. The molecule has 2 unspecified atom stereocenters. The maximum absolute atomic E-state index is 13.6. The molecule has 128 valence electrons. The van der Waals surface area contributed by atoms with Gasteiger partial charge in [0.1, 0.15) is 11.6 Å². The summed E-state index contributed by atoms with van der Waals surface area (Å²) in [5.41, 5.74) is 0.701. The molecule has 24 heavy (non-hydrogen) atoms. The lowest BCUT2D eigenvalue weighted by Crippen LogP contribution is -2.39. The second-order valence-electron chi connectivity index (χ2n) is 5.82. The normalized spacial score (nSPS) is 18.0. The summed E-state index contributed by atoms with van der Waals surface area (Å²) in [5.74, 6) is 0.320. The van der Waals surface area contributed by atoms with E-state index < -0.39 is 0 Å². The van der Waals surface area contributed by atoms with Crippen molar-refractivity contribution in [1.29, 1.82) is 0 Å². The molecule has 1 aliphatic rings. The summed E-state index contributed by atoms with van der Waals surface area (Å²) < 4.78 is 19.2. The molecule has 2 heterocycles. The first-order valence-electron chi connectivity index (χ1n) is 8.20. The van der Waals surface area contributed by atoms with Crippen molar-refractivity contribution in [3.05, 3.63) is 52.0 Å². The van der Waals surface area contributed by atoms with Crippen LogP contribution < -0.4 is 15.4 Å². The summed E-state index contributed by atoms with van der Waals surface area (Å²) in [4.78, 5) is 13.6. The molecule has 0 aliphatic carbocycles. The first-order chi connectivity index (χ1) is 11.7. The molecule has 0 saturated carbocycles. The molecule has 1 aromatic carbocycles. The summed E-state index contributed by atoms with van der Waals surface area (Å²) in [5, 5.41) is 7.98. The van der Waals surface area contributed by atoms with Gasteiger partial charge in [0.2, 0.25) is 0 Å². The first kappa shape index (κ1) is 16.8. The lowest BCUT2D eigenvalue weighted by molar-refractivity contribution is 0.232. The highest BCUT2D eigenvalue weighted by Gasteiger charge is 2.23. The van der Waals surface area contributed by atoms with Gasteiger partial charge in [-0.2, -0.15) is 0 Å². The van der Waals surface area contributed by atoms with E-state index in [0.717, 1.165) is 24.1 Å². The Morgan fingerprint density at radius 2 is 2.33 bits per heavy atom. The maximum atomic E-state index is 13.6. The number of halogens is 1. The van der Waals surface area contributed by atoms with Gasteiger partial charge in [0.15, 0.2) is 0 Å². The average molecular weight is 348 g/mol. The molecule has 0 bridgehead atoms. The van der Waals surface area contributed by atoms with Crippen LogP contribution >= 0.6 is 11.3 Å². The van der Waals surface area contributed by atoms with Crippen LogP contribution in [-0.4, -0.2) is 12.6 Å². The highest BCUT2D eigenvalue weighted by molar-refractivity contribution is 7.10. The Morgan fingerprint density at radius 3 is 3.08 bits per heavy atom. The largest absolute Gasteiger partial charge is 0.493 e. The van der Waals surface area contributed by atoms with Gasteiger partial charge in [0.25, 0.3) is 0 Å². The quantitative estimate of drug-likeness (QED) is 0.851. The average Bonchev–Trinajstić information content (AvgIpc) is 3.04. The van der Waals surface area contributed by atoms with Crippen LogP contribution in [0.15, 0.2) is 35.7 Å². The molecule has 6 heteroatoms. The van der Waals surface area contributed by atoms with E-state index in [1.807, 2.05) is 24.4 Å². The molecule has 2 N–H and O–H groups in total. The number of carbonyl (C=O) groups is 1. The minimum Gasteiger partial charge on any atom is -0.493 e. The lowest BCUT2D eigenvalue weighted by atomic mass is 10.0. The second-order valence-corrected chi connectivity index (χ2v) is 6.80. The number of benzene rings is 1. The van der Waals surface area contributed by atoms with Crippen molar-refractivity contribution in [3.63, 3.8) is 0 Å². The number of fused-ring (bicyclic) bond motifs is 1. The number of rotatable bonds is 4. The number of urea groups is 1. The summed E-state index contributed by atoms with van der Waals surface area (Å²) in [7, 11) is 0. The van der Waals surface area contributed by atoms with Gasteiger partial charge in [-0.05, 0) is 48.9 Å². The Hall–Kier alpha value is -2.08. The molecule has 2 aromatic rings. The maximum Gasteiger partial charge on any atom is 0.315 e. The number of thiophene rings is 1. The van der Waals surface area contributed by atoms with Crippen molar-refractivity contribution in [3.8, 4) is 5.75 Å². The van der Waals surface area contributed by atoms with E-state index in [4.69, 9.17) is 4.74 Å². The van der Waals surface area contributed by atoms with E-state index in [1.54, 1.807) is 17.4 Å². The number of ether oxygens (including phenoxy) is 1. The summed E-state index contributed by atoms with van der Waals surface area (Å²) in [6.07, 6.45) is 2.34. The van der Waals surface area contributed by atoms with Crippen molar-refractivity contribution >= 4 is 17.4 Å². The van der Waals surface area contributed by atoms with E-state index in [2.05, 4.69) is 10.6 Å². The highest BCUT2D eigenvalue weighted by Crippen LogP contribution is 2.32. The third-order valence-corrected chi connectivity index (χ3v) is 5.13. The number of amides is 2. The van der Waals surface area contributed by atoms with Crippen LogP contribution in [-0.2, 0) is 0 Å². The summed E-state index contributed by atoms with van der Waals surface area (Å²) in [6.45, 7) is 2.61. The minimum atomic E-state index is -0.323. The molecule has 0 fully saturated rings. The second kappa shape index (κ2) is 7.66. The Kier molecular flexibility index (Phi) is 5.35. The third kappa shape index (κ3) is 3.87. The Morgan fingerprint density at radius 1 is 1.46 bits per heavy atom. The first-order valence-corrected chi connectivity index (χ1v) is 9.08. The van der Waals surface area contributed by atoms with Crippen LogP contribution in [0.1, 0.15) is 48.7 Å². The van der Waals surface area contributed by atoms with Gasteiger partial charge in [-0.3, -0.25) is 0 Å². The lowest BCUT2D eigenvalue weighted by Gasteiger charge is -2.21. The Balaban J connectivity index is 1.71. The van der Waals surface area contributed by atoms with Crippen molar-refractivity contribution in [2.75, 3.05) is 6.61 Å². The van der Waals surface area contributed by atoms with E-state index >= 15 is 0 Å².